The first-order valence-electron chi connectivity index (χ1n) is 7.90. The molecule has 0 spiro atoms. The molecule has 118 valence electrons. The Morgan fingerprint density at radius 3 is 2.55 bits per heavy atom. The van der Waals surface area contributed by atoms with E-state index in [1.54, 1.807) is 15.7 Å². The second kappa shape index (κ2) is 6.73. The number of hydrogen-bond acceptors (Lipinski definition) is 3. The summed E-state index contributed by atoms with van der Waals surface area (Å²) >= 11 is 0. The van der Waals surface area contributed by atoms with Crippen molar-refractivity contribution in [2.45, 2.75) is 51.5 Å². The molecule has 5 nitrogen and oxygen atoms in total. The third-order valence-corrected chi connectivity index (χ3v) is 7.02. The van der Waals surface area contributed by atoms with E-state index in [0.717, 1.165) is 32.1 Å². The van der Waals surface area contributed by atoms with Gasteiger partial charge in [-0.15, -0.1) is 0 Å². The van der Waals surface area contributed by atoms with Crippen LogP contribution in [0.3, 0.4) is 0 Å². The third kappa shape index (κ3) is 3.35. The summed E-state index contributed by atoms with van der Waals surface area (Å²) in [4.78, 5) is 0. The first-order chi connectivity index (χ1) is 9.46. The zero-order valence-electron chi connectivity index (χ0n) is 12.8. The Morgan fingerprint density at radius 2 is 1.90 bits per heavy atom. The molecule has 2 N–H and O–H groups in total. The minimum Gasteiger partial charge on any atom is -0.330 e. The summed E-state index contributed by atoms with van der Waals surface area (Å²) in [5.74, 6) is 0.773. The van der Waals surface area contributed by atoms with Crippen LogP contribution in [0, 0.1) is 11.8 Å². The Morgan fingerprint density at radius 1 is 1.20 bits per heavy atom. The molecule has 0 radical (unpaired) electrons. The number of hydrogen-bond donors (Lipinski definition) is 1. The Hall–Kier alpha value is -0.170. The maximum Gasteiger partial charge on any atom is 0.281 e. The molecule has 0 aromatic heterocycles. The number of piperidine rings is 1. The van der Waals surface area contributed by atoms with Gasteiger partial charge in [0, 0.05) is 26.2 Å². The van der Waals surface area contributed by atoms with Gasteiger partial charge in [0.25, 0.3) is 10.2 Å². The molecule has 0 amide bonds. The molecule has 1 aliphatic heterocycles. The van der Waals surface area contributed by atoms with Crippen LogP contribution in [-0.2, 0) is 10.2 Å². The molecule has 20 heavy (non-hydrogen) atoms. The standard InChI is InChI=1S/C14H29N3O2S/c1-12-6-3-4-8-14(12)16(2)20(18,19)17-9-5-7-13(10-15)11-17/h12-14H,3-11,15H2,1-2H3. The van der Waals surface area contributed by atoms with E-state index < -0.39 is 10.2 Å². The summed E-state index contributed by atoms with van der Waals surface area (Å²) in [5.41, 5.74) is 5.71. The van der Waals surface area contributed by atoms with Gasteiger partial charge < -0.3 is 5.73 Å². The maximum absolute atomic E-state index is 12.8. The Labute approximate surface area is 123 Å². The van der Waals surface area contributed by atoms with Gasteiger partial charge in [0.2, 0.25) is 0 Å². The molecule has 3 atom stereocenters. The van der Waals surface area contributed by atoms with Crippen molar-refractivity contribution in [3.8, 4) is 0 Å². The van der Waals surface area contributed by atoms with Crippen LogP contribution in [0.1, 0.15) is 45.4 Å². The first-order valence-corrected chi connectivity index (χ1v) is 9.29. The number of nitrogens with two attached hydrogens (primary N) is 1. The highest BCUT2D eigenvalue weighted by Crippen LogP contribution is 2.30. The van der Waals surface area contributed by atoms with E-state index >= 15 is 0 Å². The fraction of sp³-hybridized carbons (Fsp3) is 1.00. The molecule has 6 heteroatoms. The normalized spacial score (nSPS) is 33.5. The minimum absolute atomic E-state index is 0.159. The van der Waals surface area contributed by atoms with E-state index in [2.05, 4.69) is 6.92 Å². The molecule has 0 bridgehead atoms. The maximum atomic E-state index is 12.8. The zero-order chi connectivity index (χ0) is 14.8. The van der Waals surface area contributed by atoms with Gasteiger partial charge in [0.15, 0.2) is 0 Å². The van der Waals surface area contributed by atoms with Crippen LogP contribution in [0.25, 0.3) is 0 Å². The highest BCUT2D eigenvalue weighted by molar-refractivity contribution is 7.86. The molecule has 2 aliphatic rings. The molecule has 0 aromatic rings. The molecule has 1 aliphatic carbocycles. The van der Waals surface area contributed by atoms with Gasteiger partial charge in [-0.25, -0.2) is 0 Å². The molecular weight excluding hydrogens is 274 g/mol. The smallest absolute Gasteiger partial charge is 0.281 e. The van der Waals surface area contributed by atoms with Crippen molar-refractivity contribution in [1.29, 1.82) is 0 Å². The predicted molar refractivity (Wildman–Crippen MR) is 81.5 cm³/mol. The summed E-state index contributed by atoms with van der Waals surface area (Å²) < 4.78 is 28.9. The molecule has 3 unspecified atom stereocenters. The molecular formula is C14H29N3O2S. The summed E-state index contributed by atoms with van der Waals surface area (Å²) in [5, 5.41) is 0. The van der Waals surface area contributed by atoms with Crippen molar-refractivity contribution in [1.82, 2.24) is 8.61 Å². The first kappa shape index (κ1) is 16.2. The fourth-order valence-corrected chi connectivity index (χ4v) is 5.40. The van der Waals surface area contributed by atoms with Gasteiger partial charge in [-0.05, 0) is 44.1 Å². The number of nitrogens with zero attached hydrogens (tertiary/aromatic N) is 2. The van der Waals surface area contributed by atoms with Gasteiger partial charge in [-0.1, -0.05) is 19.8 Å². The van der Waals surface area contributed by atoms with Crippen LogP contribution in [0.4, 0.5) is 0 Å². The molecule has 2 rings (SSSR count). The summed E-state index contributed by atoms with van der Waals surface area (Å²) in [6.45, 7) is 3.98. The monoisotopic (exact) mass is 303 g/mol. The van der Waals surface area contributed by atoms with Crippen LogP contribution < -0.4 is 5.73 Å². The van der Waals surface area contributed by atoms with E-state index in [-0.39, 0.29) is 6.04 Å². The van der Waals surface area contributed by atoms with E-state index in [1.165, 1.54) is 6.42 Å². The molecule has 2 fully saturated rings. The van der Waals surface area contributed by atoms with Crippen LogP contribution in [0.5, 0.6) is 0 Å². The van der Waals surface area contributed by atoms with Crippen molar-refractivity contribution in [3.63, 3.8) is 0 Å². The van der Waals surface area contributed by atoms with Gasteiger partial charge in [-0.2, -0.15) is 17.0 Å². The average Bonchev–Trinajstić information content (AvgIpc) is 2.47. The summed E-state index contributed by atoms with van der Waals surface area (Å²) in [6.07, 6.45) is 6.47. The van der Waals surface area contributed by atoms with E-state index in [0.29, 0.717) is 31.5 Å². The Balaban J connectivity index is 2.08. The highest BCUT2D eigenvalue weighted by Gasteiger charge is 2.37. The van der Waals surface area contributed by atoms with Gasteiger partial charge in [0.1, 0.15) is 0 Å². The van der Waals surface area contributed by atoms with Gasteiger partial charge >= 0.3 is 0 Å². The van der Waals surface area contributed by atoms with E-state index in [9.17, 15) is 8.42 Å². The lowest BCUT2D eigenvalue weighted by atomic mass is 9.86. The lowest BCUT2D eigenvalue weighted by Crippen LogP contribution is -2.52. The van der Waals surface area contributed by atoms with Crippen LogP contribution in [0.2, 0.25) is 0 Å². The summed E-state index contributed by atoms with van der Waals surface area (Å²) in [7, 11) is -1.57. The second-order valence-electron chi connectivity index (χ2n) is 6.46. The molecule has 1 saturated carbocycles. The SMILES string of the molecule is CC1CCCCC1N(C)S(=O)(=O)N1CCCC(CN)C1. The largest absolute Gasteiger partial charge is 0.330 e. The molecule has 1 saturated heterocycles. The van der Waals surface area contributed by atoms with Crippen LogP contribution >= 0.6 is 0 Å². The summed E-state index contributed by atoms with van der Waals surface area (Å²) in [6, 6.07) is 0.159. The quantitative estimate of drug-likeness (QED) is 0.854. The number of rotatable bonds is 4. The van der Waals surface area contributed by atoms with Crippen molar-refractivity contribution in [2.24, 2.45) is 17.6 Å². The molecule has 1 heterocycles. The van der Waals surface area contributed by atoms with Crippen molar-refractivity contribution < 1.29 is 8.42 Å². The Bertz CT molecular complexity index is 413. The Kier molecular flexibility index (Phi) is 5.45. The van der Waals surface area contributed by atoms with E-state index in [1.807, 2.05) is 0 Å². The van der Waals surface area contributed by atoms with Crippen molar-refractivity contribution >= 4 is 10.2 Å². The van der Waals surface area contributed by atoms with Gasteiger partial charge in [0.05, 0.1) is 0 Å². The lowest BCUT2D eigenvalue weighted by Gasteiger charge is -2.40. The highest BCUT2D eigenvalue weighted by atomic mass is 32.2. The molecule has 0 aromatic carbocycles. The topological polar surface area (TPSA) is 66.6 Å². The predicted octanol–water partition coefficient (Wildman–Crippen LogP) is 1.41. The van der Waals surface area contributed by atoms with Crippen LogP contribution in [0.15, 0.2) is 0 Å². The lowest BCUT2D eigenvalue weighted by molar-refractivity contribution is 0.190. The van der Waals surface area contributed by atoms with Crippen molar-refractivity contribution in [2.75, 3.05) is 26.7 Å². The van der Waals surface area contributed by atoms with Crippen molar-refractivity contribution in [3.05, 3.63) is 0 Å². The fourth-order valence-electron chi connectivity index (χ4n) is 3.62. The average molecular weight is 303 g/mol. The minimum atomic E-state index is -3.33. The van der Waals surface area contributed by atoms with Gasteiger partial charge in [-0.3, -0.25) is 0 Å². The third-order valence-electron chi connectivity index (χ3n) is 5.04. The second-order valence-corrected chi connectivity index (χ2v) is 8.44. The zero-order valence-corrected chi connectivity index (χ0v) is 13.6. The van der Waals surface area contributed by atoms with E-state index in [4.69, 9.17) is 5.73 Å². The van der Waals surface area contributed by atoms with Crippen LogP contribution in [-0.4, -0.2) is 49.8 Å².